The fourth-order valence-electron chi connectivity index (χ4n) is 5.50. The lowest BCUT2D eigenvalue weighted by atomic mass is 9.67. The van der Waals surface area contributed by atoms with Crippen molar-refractivity contribution in [2.75, 3.05) is 7.11 Å². The van der Waals surface area contributed by atoms with Gasteiger partial charge in [0.25, 0.3) is 0 Å². The van der Waals surface area contributed by atoms with Crippen LogP contribution in [-0.4, -0.2) is 25.0 Å². The van der Waals surface area contributed by atoms with Gasteiger partial charge < -0.3 is 10.1 Å². The smallest absolute Gasteiger partial charge is 0.328 e. The monoisotopic (exact) mass is 539 g/mol. The molecule has 0 spiro atoms. The fourth-order valence-corrected chi connectivity index (χ4v) is 5.50. The van der Waals surface area contributed by atoms with E-state index in [1.165, 1.54) is 7.11 Å². The highest BCUT2D eigenvalue weighted by atomic mass is 16.5. The van der Waals surface area contributed by atoms with Crippen LogP contribution in [0.25, 0.3) is 11.1 Å². The molecule has 0 radical (unpaired) electrons. The van der Waals surface area contributed by atoms with Gasteiger partial charge in [0, 0.05) is 12.8 Å². The Morgan fingerprint density at radius 2 is 1.02 bits per heavy atom. The van der Waals surface area contributed by atoms with Crippen molar-refractivity contribution in [1.82, 2.24) is 5.32 Å². The summed E-state index contributed by atoms with van der Waals surface area (Å²) in [6.07, 6.45) is 0.438. The summed E-state index contributed by atoms with van der Waals surface area (Å²) in [6.45, 7) is 0. The summed E-state index contributed by atoms with van der Waals surface area (Å²) in [4.78, 5) is 26.8. The summed E-state index contributed by atoms with van der Waals surface area (Å²) >= 11 is 0. The summed E-state index contributed by atoms with van der Waals surface area (Å²) in [5.41, 5.74) is 5.38. The third-order valence-corrected chi connectivity index (χ3v) is 7.55. The van der Waals surface area contributed by atoms with E-state index >= 15 is 0 Å². The molecule has 41 heavy (non-hydrogen) atoms. The SMILES string of the molecule is COC(=O)[C@@H](Cc1ccc(-c2ccccc2)cc1)NC(=O)CC(c1ccccc1)(c1ccccc1)c1ccccc1. The average Bonchev–Trinajstić information content (AvgIpc) is 3.05. The lowest BCUT2D eigenvalue weighted by molar-refractivity contribution is -0.145. The molecule has 1 N–H and O–H groups in total. The number of rotatable bonds is 10. The standard InChI is InChI=1S/C37H33NO3/c1-41-36(40)34(26-28-22-24-30(25-23-28)29-14-6-2-7-15-29)38-35(39)27-37(31-16-8-3-9-17-31,32-18-10-4-11-19-32)33-20-12-5-13-21-33/h2-25,34H,26-27H2,1H3,(H,38,39)/t34-/m1/s1. The Balaban J connectivity index is 1.45. The van der Waals surface area contributed by atoms with Gasteiger partial charge in [-0.1, -0.05) is 146 Å². The molecule has 4 nitrogen and oxygen atoms in total. The zero-order valence-electron chi connectivity index (χ0n) is 23.1. The van der Waals surface area contributed by atoms with Crippen LogP contribution in [0.2, 0.25) is 0 Å². The number of methoxy groups -OCH3 is 1. The molecular formula is C37H33NO3. The van der Waals surface area contributed by atoms with Crippen LogP contribution in [-0.2, 0) is 26.2 Å². The molecule has 0 bridgehead atoms. The van der Waals surface area contributed by atoms with Gasteiger partial charge in [-0.15, -0.1) is 0 Å². The van der Waals surface area contributed by atoms with Crippen molar-refractivity contribution in [3.05, 3.63) is 168 Å². The van der Waals surface area contributed by atoms with Gasteiger partial charge in [0.05, 0.1) is 12.5 Å². The molecule has 0 unspecified atom stereocenters. The van der Waals surface area contributed by atoms with Crippen LogP contribution < -0.4 is 5.32 Å². The van der Waals surface area contributed by atoms with E-state index in [4.69, 9.17) is 4.74 Å². The first kappa shape index (κ1) is 27.6. The summed E-state index contributed by atoms with van der Waals surface area (Å²) in [5, 5.41) is 3.01. The first-order chi connectivity index (χ1) is 20.1. The van der Waals surface area contributed by atoms with Crippen LogP contribution in [0.15, 0.2) is 146 Å². The predicted molar refractivity (Wildman–Crippen MR) is 163 cm³/mol. The van der Waals surface area contributed by atoms with Crippen molar-refractivity contribution >= 4 is 11.9 Å². The van der Waals surface area contributed by atoms with Gasteiger partial charge in [0.15, 0.2) is 0 Å². The molecule has 1 amide bonds. The normalized spacial score (nSPS) is 11.8. The molecule has 0 heterocycles. The first-order valence-corrected chi connectivity index (χ1v) is 13.8. The number of amides is 1. The second kappa shape index (κ2) is 12.9. The number of nitrogens with one attached hydrogen (secondary N) is 1. The van der Waals surface area contributed by atoms with Gasteiger partial charge in [-0.3, -0.25) is 4.79 Å². The van der Waals surface area contributed by atoms with Crippen LogP contribution in [0.4, 0.5) is 0 Å². The molecule has 0 aliphatic heterocycles. The molecular weight excluding hydrogens is 506 g/mol. The minimum atomic E-state index is -0.824. The molecule has 0 fully saturated rings. The molecule has 0 aromatic heterocycles. The van der Waals surface area contributed by atoms with E-state index in [1.54, 1.807) is 0 Å². The quantitative estimate of drug-likeness (QED) is 0.154. The van der Waals surface area contributed by atoms with Crippen molar-refractivity contribution in [3.63, 3.8) is 0 Å². The number of hydrogen-bond donors (Lipinski definition) is 1. The number of hydrogen-bond acceptors (Lipinski definition) is 3. The molecule has 0 saturated heterocycles. The van der Waals surface area contributed by atoms with E-state index in [9.17, 15) is 9.59 Å². The van der Waals surface area contributed by atoms with Gasteiger partial charge in [-0.2, -0.15) is 0 Å². The molecule has 5 rings (SSSR count). The third-order valence-electron chi connectivity index (χ3n) is 7.55. The average molecular weight is 540 g/mol. The maximum absolute atomic E-state index is 13.9. The van der Waals surface area contributed by atoms with Crippen LogP contribution in [0, 0.1) is 0 Å². The Morgan fingerprint density at radius 1 is 0.610 bits per heavy atom. The molecule has 204 valence electrons. The van der Waals surface area contributed by atoms with Gasteiger partial charge in [0.1, 0.15) is 6.04 Å². The van der Waals surface area contributed by atoms with Gasteiger partial charge in [-0.05, 0) is 33.4 Å². The summed E-state index contributed by atoms with van der Waals surface area (Å²) < 4.78 is 5.11. The highest BCUT2D eigenvalue weighted by molar-refractivity contribution is 5.86. The minimum absolute atomic E-state index is 0.117. The minimum Gasteiger partial charge on any atom is -0.467 e. The van der Waals surface area contributed by atoms with E-state index < -0.39 is 17.4 Å². The highest BCUT2D eigenvalue weighted by Crippen LogP contribution is 2.42. The zero-order valence-corrected chi connectivity index (χ0v) is 23.1. The molecule has 1 atom stereocenters. The molecule has 0 aliphatic rings. The van der Waals surface area contributed by atoms with Crippen molar-refractivity contribution in [3.8, 4) is 11.1 Å². The van der Waals surface area contributed by atoms with Crippen LogP contribution in [0.1, 0.15) is 28.7 Å². The van der Waals surface area contributed by atoms with E-state index in [1.807, 2.05) is 97.1 Å². The van der Waals surface area contributed by atoms with Crippen LogP contribution in [0.3, 0.4) is 0 Å². The van der Waals surface area contributed by atoms with Crippen molar-refractivity contribution in [2.45, 2.75) is 24.3 Å². The number of carbonyl (C=O) groups excluding carboxylic acids is 2. The molecule has 5 aromatic rings. The maximum Gasteiger partial charge on any atom is 0.328 e. The zero-order chi connectivity index (χ0) is 28.5. The number of ether oxygens (including phenoxy) is 1. The van der Waals surface area contributed by atoms with E-state index in [0.29, 0.717) is 6.42 Å². The summed E-state index contributed by atoms with van der Waals surface area (Å²) in [5.74, 6) is -0.715. The Bertz CT molecular complexity index is 1450. The molecule has 5 aromatic carbocycles. The Kier molecular flexibility index (Phi) is 8.70. The number of esters is 1. The van der Waals surface area contributed by atoms with Crippen LogP contribution in [0.5, 0.6) is 0 Å². The van der Waals surface area contributed by atoms with Crippen molar-refractivity contribution in [2.24, 2.45) is 0 Å². The Morgan fingerprint density at radius 3 is 1.46 bits per heavy atom. The topological polar surface area (TPSA) is 55.4 Å². The third kappa shape index (κ3) is 6.28. The Labute approximate surface area is 241 Å². The van der Waals surface area contributed by atoms with Gasteiger partial charge >= 0.3 is 5.97 Å². The lowest BCUT2D eigenvalue weighted by Crippen LogP contribution is -2.46. The lowest BCUT2D eigenvalue weighted by Gasteiger charge is -2.36. The van der Waals surface area contributed by atoms with Crippen molar-refractivity contribution in [1.29, 1.82) is 0 Å². The van der Waals surface area contributed by atoms with E-state index in [2.05, 4.69) is 53.8 Å². The largest absolute Gasteiger partial charge is 0.467 e. The molecule has 0 aliphatic carbocycles. The predicted octanol–water partition coefficient (Wildman–Crippen LogP) is 6.98. The second-order valence-electron chi connectivity index (χ2n) is 10.1. The highest BCUT2D eigenvalue weighted by Gasteiger charge is 2.39. The number of benzene rings is 5. The maximum atomic E-state index is 13.9. The molecule has 0 saturated carbocycles. The fraction of sp³-hybridized carbons (Fsp3) is 0.135. The summed E-state index contributed by atoms with van der Waals surface area (Å²) in [6, 6.07) is 47.5. The van der Waals surface area contributed by atoms with Crippen molar-refractivity contribution < 1.29 is 14.3 Å². The molecule has 4 heteroatoms. The Hall–Kier alpha value is -4.96. The van der Waals surface area contributed by atoms with Gasteiger partial charge in [0.2, 0.25) is 5.91 Å². The summed E-state index contributed by atoms with van der Waals surface area (Å²) in [7, 11) is 1.35. The second-order valence-corrected chi connectivity index (χ2v) is 10.1. The number of carbonyl (C=O) groups is 2. The van der Waals surface area contributed by atoms with Crippen LogP contribution >= 0.6 is 0 Å². The van der Waals surface area contributed by atoms with Gasteiger partial charge in [-0.25, -0.2) is 4.79 Å². The van der Waals surface area contributed by atoms with E-state index in [-0.39, 0.29) is 12.3 Å². The first-order valence-electron chi connectivity index (χ1n) is 13.8. The van der Waals surface area contributed by atoms with E-state index in [0.717, 1.165) is 33.4 Å².